The summed E-state index contributed by atoms with van der Waals surface area (Å²) in [6.45, 7) is 7.59. The summed E-state index contributed by atoms with van der Waals surface area (Å²) >= 11 is 0. The van der Waals surface area contributed by atoms with Gasteiger partial charge in [0.2, 0.25) is 5.91 Å². The lowest BCUT2D eigenvalue weighted by molar-refractivity contribution is -0.122. The zero-order valence-electron chi connectivity index (χ0n) is 15.0. The maximum absolute atomic E-state index is 12.5. The lowest BCUT2D eigenvalue weighted by atomic mass is 10.0. The van der Waals surface area contributed by atoms with Crippen molar-refractivity contribution < 1.29 is 14.3 Å². The number of carbonyl (C=O) groups is 2. The molecule has 5 nitrogen and oxygen atoms in total. The minimum Gasteiger partial charge on any atom is -0.481 e. The number of benzene rings is 2. The van der Waals surface area contributed by atoms with E-state index >= 15 is 0 Å². The fourth-order valence-electron chi connectivity index (χ4n) is 2.58. The second-order valence-electron chi connectivity index (χ2n) is 6.28. The van der Waals surface area contributed by atoms with Crippen LogP contribution in [0.5, 0.6) is 5.75 Å². The third kappa shape index (κ3) is 4.38. The van der Waals surface area contributed by atoms with Gasteiger partial charge in [0.1, 0.15) is 5.75 Å². The number of nitrogens with one attached hydrogen (secondary N) is 1. The van der Waals surface area contributed by atoms with E-state index in [1.165, 1.54) is 0 Å². The topological polar surface area (TPSA) is 81.4 Å². The van der Waals surface area contributed by atoms with Crippen molar-refractivity contribution >= 4 is 17.5 Å². The van der Waals surface area contributed by atoms with Crippen LogP contribution in [0.15, 0.2) is 42.5 Å². The molecule has 2 rings (SSSR count). The van der Waals surface area contributed by atoms with Crippen molar-refractivity contribution in [3.8, 4) is 5.75 Å². The van der Waals surface area contributed by atoms with E-state index in [9.17, 15) is 9.59 Å². The molecule has 0 heterocycles. The van der Waals surface area contributed by atoms with Crippen LogP contribution in [-0.2, 0) is 4.79 Å². The Morgan fingerprint density at radius 3 is 2.36 bits per heavy atom. The first-order chi connectivity index (χ1) is 11.8. The fourth-order valence-corrected chi connectivity index (χ4v) is 2.58. The summed E-state index contributed by atoms with van der Waals surface area (Å²) < 4.78 is 5.85. The molecule has 0 aliphatic rings. The minimum absolute atomic E-state index is 0.289. The first kappa shape index (κ1) is 18.5. The Hall–Kier alpha value is -2.82. The molecular weight excluding hydrogens is 316 g/mol. The number of rotatable bonds is 6. The van der Waals surface area contributed by atoms with E-state index in [0.717, 1.165) is 5.56 Å². The summed E-state index contributed by atoms with van der Waals surface area (Å²) in [5.41, 5.74) is 7.97. The third-order valence-corrected chi connectivity index (χ3v) is 4.07. The molecule has 1 unspecified atom stereocenters. The summed E-state index contributed by atoms with van der Waals surface area (Å²) in [6.07, 6.45) is -0.684. The Labute approximate surface area is 148 Å². The Balaban J connectivity index is 2.14. The lowest BCUT2D eigenvalue weighted by Crippen LogP contribution is -2.31. The van der Waals surface area contributed by atoms with Gasteiger partial charge < -0.3 is 15.8 Å². The van der Waals surface area contributed by atoms with Gasteiger partial charge in [-0.3, -0.25) is 9.59 Å². The van der Waals surface area contributed by atoms with Gasteiger partial charge in [0, 0.05) is 11.3 Å². The van der Waals surface area contributed by atoms with E-state index < -0.39 is 12.0 Å². The van der Waals surface area contributed by atoms with Crippen molar-refractivity contribution in [1.29, 1.82) is 0 Å². The van der Waals surface area contributed by atoms with Crippen LogP contribution in [-0.4, -0.2) is 17.9 Å². The standard InChI is InChI=1S/C20H24N2O3/c1-12(2)15-8-5-6-11-18(15)25-14(4)20(24)22-17-10-7-9-16(13(17)3)19(21)23/h5-12,14H,1-4H3,(H2,21,23)(H,22,24). The number of para-hydroxylation sites is 1. The zero-order chi connectivity index (χ0) is 18.6. The summed E-state index contributed by atoms with van der Waals surface area (Å²) in [5, 5.41) is 2.80. The molecule has 25 heavy (non-hydrogen) atoms. The molecule has 2 aromatic carbocycles. The quantitative estimate of drug-likeness (QED) is 0.842. The highest BCUT2D eigenvalue weighted by atomic mass is 16.5. The number of amides is 2. The molecule has 1 atom stereocenters. The van der Waals surface area contributed by atoms with E-state index in [1.807, 2.05) is 24.3 Å². The average molecular weight is 340 g/mol. The van der Waals surface area contributed by atoms with Gasteiger partial charge in [-0.05, 0) is 49.1 Å². The van der Waals surface area contributed by atoms with E-state index in [0.29, 0.717) is 28.5 Å². The van der Waals surface area contributed by atoms with Crippen molar-refractivity contribution in [3.63, 3.8) is 0 Å². The SMILES string of the molecule is Cc1c(NC(=O)C(C)Oc2ccccc2C(C)C)cccc1C(N)=O. The molecule has 0 aromatic heterocycles. The van der Waals surface area contributed by atoms with Crippen LogP contribution < -0.4 is 15.8 Å². The molecule has 0 bridgehead atoms. The molecule has 0 saturated heterocycles. The Kier molecular flexibility index (Phi) is 5.80. The van der Waals surface area contributed by atoms with Crippen LogP contribution in [0.4, 0.5) is 5.69 Å². The smallest absolute Gasteiger partial charge is 0.265 e. The zero-order valence-corrected chi connectivity index (χ0v) is 15.0. The summed E-state index contributed by atoms with van der Waals surface area (Å²) in [4.78, 5) is 23.9. The van der Waals surface area contributed by atoms with Gasteiger partial charge >= 0.3 is 0 Å². The number of anilines is 1. The normalized spacial score (nSPS) is 11.9. The van der Waals surface area contributed by atoms with Crippen molar-refractivity contribution in [2.45, 2.75) is 39.7 Å². The number of hydrogen-bond acceptors (Lipinski definition) is 3. The predicted octanol–water partition coefficient (Wildman–Crippen LogP) is 3.62. The van der Waals surface area contributed by atoms with E-state index in [-0.39, 0.29) is 5.91 Å². The van der Waals surface area contributed by atoms with Crippen molar-refractivity contribution in [2.75, 3.05) is 5.32 Å². The molecule has 5 heteroatoms. The molecule has 0 saturated carbocycles. The average Bonchev–Trinajstić information content (AvgIpc) is 2.56. The van der Waals surface area contributed by atoms with Gasteiger partial charge in [0.15, 0.2) is 6.10 Å². The van der Waals surface area contributed by atoms with Gasteiger partial charge in [-0.25, -0.2) is 0 Å². The van der Waals surface area contributed by atoms with E-state index in [4.69, 9.17) is 10.5 Å². The molecule has 0 aliphatic heterocycles. The number of nitrogens with two attached hydrogens (primary N) is 1. The largest absolute Gasteiger partial charge is 0.481 e. The molecule has 2 aromatic rings. The number of ether oxygens (including phenoxy) is 1. The number of hydrogen-bond donors (Lipinski definition) is 2. The second-order valence-corrected chi connectivity index (χ2v) is 6.28. The first-order valence-corrected chi connectivity index (χ1v) is 8.27. The Morgan fingerprint density at radius 2 is 1.72 bits per heavy atom. The van der Waals surface area contributed by atoms with Crippen LogP contribution in [0.25, 0.3) is 0 Å². The van der Waals surface area contributed by atoms with Gasteiger partial charge in [-0.2, -0.15) is 0 Å². The van der Waals surface area contributed by atoms with Gasteiger partial charge in [0.05, 0.1) is 0 Å². The lowest BCUT2D eigenvalue weighted by Gasteiger charge is -2.19. The maximum Gasteiger partial charge on any atom is 0.265 e. The van der Waals surface area contributed by atoms with Crippen LogP contribution in [0, 0.1) is 6.92 Å². The monoisotopic (exact) mass is 340 g/mol. The van der Waals surface area contributed by atoms with E-state index in [2.05, 4.69) is 19.2 Å². The maximum atomic E-state index is 12.5. The molecule has 0 fully saturated rings. The molecule has 0 aliphatic carbocycles. The molecular formula is C20H24N2O3. The highest BCUT2D eigenvalue weighted by Gasteiger charge is 2.19. The first-order valence-electron chi connectivity index (χ1n) is 8.27. The van der Waals surface area contributed by atoms with Crippen LogP contribution in [0.1, 0.15) is 48.2 Å². The Bertz CT molecular complexity index is 784. The highest BCUT2D eigenvalue weighted by Crippen LogP contribution is 2.27. The third-order valence-electron chi connectivity index (χ3n) is 4.07. The second kappa shape index (κ2) is 7.83. The number of primary amides is 1. The molecule has 132 valence electrons. The summed E-state index contributed by atoms with van der Waals surface area (Å²) in [7, 11) is 0. The predicted molar refractivity (Wildman–Crippen MR) is 98.9 cm³/mol. The molecule has 0 spiro atoms. The molecule has 2 amide bonds. The minimum atomic E-state index is -0.684. The summed E-state index contributed by atoms with van der Waals surface area (Å²) in [5.74, 6) is 0.177. The molecule has 3 N–H and O–H groups in total. The van der Waals surface area contributed by atoms with Crippen molar-refractivity contribution in [1.82, 2.24) is 0 Å². The van der Waals surface area contributed by atoms with Gasteiger partial charge in [-0.15, -0.1) is 0 Å². The van der Waals surface area contributed by atoms with Gasteiger partial charge in [-0.1, -0.05) is 38.1 Å². The highest BCUT2D eigenvalue weighted by molar-refractivity contribution is 5.99. The summed E-state index contributed by atoms with van der Waals surface area (Å²) in [6, 6.07) is 12.7. The van der Waals surface area contributed by atoms with Crippen LogP contribution in [0.3, 0.4) is 0 Å². The fraction of sp³-hybridized carbons (Fsp3) is 0.300. The van der Waals surface area contributed by atoms with Crippen molar-refractivity contribution in [3.05, 3.63) is 59.2 Å². The van der Waals surface area contributed by atoms with Crippen LogP contribution in [0.2, 0.25) is 0 Å². The number of carbonyl (C=O) groups excluding carboxylic acids is 2. The van der Waals surface area contributed by atoms with Crippen molar-refractivity contribution in [2.24, 2.45) is 5.73 Å². The molecule has 0 radical (unpaired) electrons. The van der Waals surface area contributed by atoms with Gasteiger partial charge in [0.25, 0.3) is 5.91 Å². The Morgan fingerprint density at radius 1 is 1.04 bits per heavy atom. The van der Waals surface area contributed by atoms with E-state index in [1.54, 1.807) is 32.0 Å². The van der Waals surface area contributed by atoms with Crippen LogP contribution >= 0.6 is 0 Å².